The maximum atomic E-state index is 13.5. The van der Waals surface area contributed by atoms with E-state index in [0.717, 1.165) is 13.3 Å². The van der Waals surface area contributed by atoms with Crippen LogP contribution in [0.2, 0.25) is 0 Å². The average molecular weight is 495 g/mol. The highest BCUT2D eigenvalue weighted by atomic mass is 127. The number of aromatic nitrogens is 2. The number of carbonyl (C=O) groups is 2. The first-order chi connectivity index (χ1) is 14.1. The van der Waals surface area contributed by atoms with Crippen molar-refractivity contribution in [2.75, 3.05) is 5.01 Å². The Balaban J connectivity index is 1.81. The van der Waals surface area contributed by atoms with Crippen LogP contribution in [-0.2, 0) is 9.59 Å². The van der Waals surface area contributed by atoms with Gasteiger partial charge in [0.1, 0.15) is 0 Å². The van der Waals surface area contributed by atoms with Crippen molar-refractivity contribution in [3.8, 4) is 11.4 Å². The van der Waals surface area contributed by atoms with Crippen LogP contribution < -0.4 is 10.6 Å². The molecule has 0 atom stereocenters. The number of imide groups is 1. The summed E-state index contributed by atoms with van der Waals surface area (Å²) in [7, 11) is 0. The van der Waals surface area contributed by atoms with Gasteiger partial charge in [-0.3, -0.25) is 14.4 Å². The van der Waals surface area contributed by atoms with Crippen molar-refractivity contribution >= 4 is 45.3 Å². The molecule has 0 N–H and O–H groups in total. The Hall–Kier alpha value is -3.07. The second kappa shape index (κ2) is 6.77. The summed E-state index contributed by atoms with van der Waals surface area (Å²) in [5, 5.41) is 1.31. The smallest absolute Gasteiger partial charge is 0.267 e. The zero-order valence-corrected chi connectivity index (χ0v) is 17.3. The van der Waals surface area contributed by atoms with Crippen molar-refractivity contribution in [2.24, 2.45) is 0 Å². The molecule has 29 heavy (non-hydrogen) atoms. The van der Waals surface area contributed by atoms with Crippen molar-refractivity contribution in [2.45, 2.75) is 12.8 Å². The third kappa shape index (κ3) is 2.76. The molecule has 0 radical (unpaired) electrons. The monoisotopic (exact) mass is 495 g/mol. The fraction of sp³-hybridized carbons (Fsp3) is 0.0909. The first kappa shape index (κ1) is 18.0. The lowest BCUT2D eigenvalue weighted by atomic mass is 9.99. The van der Waals surface area contributed by atoms with Crippen LogP contribution in [0.3, 0.4) is 0 Å². The van der Waals surface area contributed by atoms with Gasteiger partial charge >= 0.3 is 0 Å². The van der Waals surface area contributed by atoms with E-state index in [9.17, 15) is 14.4 Å². The molecule has 0 saturated heterocycles. The van der Waals surface area contributed by atoms with Crippen LogP contribution in [-0.4, -0.2) is 21.5 Å². The molecular formula is C22H14IN3O3. The number of hydrogen-bond donors (Lipinski definition) is 0. The van der Waals surface area contributed by atoms with Crippen molar-refractivity contribution in [1.82, 2.24) is 9.66 Å². The molecule has 0 fully saturated rings. The highest BCUT2D eigenvalue weighted by Gasteiger charge is 2.41. The third-order valence-electron chi connectivity index (χ3n) is 5.12. The maximum Gasteiger partial charge on any atom is 0.281 e. The molecule has 0 spiro atoms. The number of nitrogens with zero attached hydrogens (tertiary/aromatic N) is 3. The second-order valence-electron chi connectivity index (χ2n) is 6.84. The van der Waals surface area contributed by atoms with Gasteiger partial charge in [0.05, 0.1) is 10.9 Å². The van der Waals surface area contributed by atoms with Gasteiger partial charge < -0.3 is 0 Å². The van der Waals surface area contributed by atoms with Crippen molar-refractivity contribution in [1.29, 1.82) is 0 Å². The average Bonchev–Trinajstić information content (AvgIpc) is 3.00. The molecule has 2 amide bonds. The van der Waals surface area contributed by atoms with E-state index < -0.39 is 17.4 Å². The van der Waals surface area contributed by atoms with E-state index in [2.05, 4.69) is 27.6 Å². The molecule has 2 aromatic carbocycles. The van der Waals surface area contributed by atoms with Gasteiger partial charge in [0, 0.05) is 20.3 Å². The van der Waals surface area contributed by atoms with E-state index in [1.807, 2.05) is 36.4 Å². The Labute approximate surface area is 179 Å². The van der Waals surface area contributed by atoms with Gasteiger partial charge in [-0.1, -0.05) is 42.5 Å². The number of allylic oxidation sites excluding steroid dienone is 2. The van der Waals surface area contributed by atoms with E-state index in [4.69, 9.17) is 0 Å². The summed E-state index contributed by atoms with van der Waals surface area (Å²) in [6, 6.07) is 14.5. The summed E-state index contributed by atoms with van der Waals surface area (Å²) < 4.78 is 2.00. The van der Waals surface area contributed by atoms with Gasteiger partial charge in [0.2, 0.25) is 0 Å². The van der Waals surface area contributed by atoms with E-state index in [1.54, 1.807) is 24.3 Å². The number of rotatable bonds is 2. The molecule has 0 saturated carbocycles. The summed E-state index contributed by atoms with van der Waals surface area (Å²) in [4.78, 5) is 44.4. The van der Waals surface area contributed by atoms with Gasteiger partial charge in [-0.2, -0.15) is 9.69 Å². The van der Waals surface area contributed by atoms with Crippen LogP contribution in [0.1, 0.15) is 12.8 Å². The Morgan fingerprint density at radius 2 is 1.52 bits per heavy atom. The van der Waals surface area contributed by atoms with Crippen LogP contribution >= 0.6 is 22.6 Å². The molecule has 0 bridgehead atoms. The highest BCUT2D eigenvalue weighted by Crippen LogP contribution is 2.30. The predicted octanol–water partition coefficient (Wildman–Crippen LogP) is 3.32. The Morgan fingerprint density at radius 1 is 0.862 bits per heavy atom. The van der Waals surface area contributed by atoms with Crippen LogP contribution in [0.25, 0.3) is 22.3 Å². The number of benzene rings is 2. The highest BCUT2D eigenvalue weighted by molar-refractivity contribution is 14.1. The van der Waals surface area contributed by atoms with Crippen LogP contribution in [0, 0.1) is 3.57 Å². The van der Waals surface area contributed by atoms with E-state index in [-0.39, 0.29) is 5.82 Å². The fourth-order valence-electron chi connectivity index (χ4n) is 3.72. The molecule has 1 aromatic heterocycles. The minimum absolute atomic E-state index is 0.263. The van der Waals surface area contributed by atoms with Gasteiger partial charge in [0.25, 0.3) is 17.4 Å². The molecule has 2 aliphatic rings. The van der Waals surface area contributed by atoms with Crippen molar-refractivity contribution in [3.05, 3.63) is 85.8 Å². The lowest BCUT2D eigenvalue weighted by Gasteiger charge is -2.21. The lowest BCUT2D eigenvalue weighted by molar-refractivity contribution is -0.123. The molecule has 2 heterocycles. The second-order valence-corrected chi connectivity index (χ2v) is 8.08. The molecule has 0 unspecified atom stereocenters. The Kier molecular flexibility index (Phi) is 4.20. The summed E-state index contributed by atoms with van der Waals surface area (Å²) in [5.41, 5.74) is 1.62. The van der Waals surface area contributed by atoms with E-state index >= 15 is 0 Å². The van der Waals surface area contributed by atoms with Gasteiger partial charge in [0.15, 0.2) is 5.82 Å². The molecule has 6 nitrogen and oxygen atoms in total. The number of fused-ring (bicyclic) bond motifs is 1. The molecule has 1 aliphatic carbocycles. The van der Waals surface area contributed by atoms with Crippen molar-refractivity contribution < 1.29 is 9.59 Å². The molecular weight excluding hydrogens is 481 g/mol. The Morgan fingerprint density at radius 3 is 2.17 bits per heavy atom. The number of carbonyl (C=O) groups excluding carboxylic acids is 2. The standard InChI is InChI=1S/C22H14IN3O3/c23-14-10-11-18-17(12-14)22(29)25(19(24-18)13-6-2-1-3-7-13)26-20(27)15-8-4-5-9-16(15)21(26)28/h1-7,10-12H,8-9H2. The summed E-state index contributed by atoms with van der Waals surface area (Å²) in [5.74, 6) is -0.653. The Bertz CT molecular complexity index is 1290. The minimum Gasteiger partial charge on any atom is -0.267 e. The summed E-state index contributed by atoms with van der Waals surface area (Å²) in [6.45, 7) is 0. The normalized spacial score (nSPS) is 16.1. The summed E-state index contributed by atoms with van der Waals surface area (Å²) >= 11 is 2.12. The third-order valence-corrected chi connectivity index (χ3v) is 5.79. The molecule has 142 valence electrons. The zero-order chi connectivity index (χ0) is 20.1. The lowest BCUT2D eigenvalue weighted by Crippen LogP contribution is -2.48. The van der Waals surface area contributed by atoms with Crippen LogP contribution in [0.15, 0.2) is 76.6 Å². The zero-order valence-electron chi connectivity index (χ0n) is 15.1. The van der Waals surface area contributed by atoms with Gasteiger partial charge in [-0.15, -0.1) is 0 Å². The van der Waals surface area contributed by atoms with Crippen LogP contribution in [0.4, 0.5) is 0 Å². The first-order valence-electron chi connectivity index (χ1n) is 9.10. The van der Waals surface area contributed by atoms with E-state index in [0.29, 0.717) is 40.5 Å². The fourth-order valence-corrected chi connectivity index (χ4v) is 4.21. The molecule has 7 heteroatoms. The number of amides is 2. The number of halogens is 1. The van der Waals surface area contributed by atoms with Crippen molar-refractivity contribution in [3.63, 3.8) is 0 Å². The van der Waals surface area contributed by atoms with E-state index in [1.165, 1.54) is 0 Å². The first-order valence-corrected chi connectivity index (χ1v) is 10.2. The largest absolute Gasteiger partial charge is 0.281 e. The summed E-state index contributed by atoms with van der Waals surface area (Å²) in [6.07, 6.45) is 4.53. The molecule has 3 aromatic rings. The van der Waals surface area contributed by atoms with Gasteiger partial charge in [-0.25, -0.2) is 4.98 Å². The number of hydrogen-bond acceptors (Lipinski definition) is 4. The van der Waals surface area contributed by atoms with Crippen LogP contribution in [0.5, 0.6) is 0 Å². The predicted molar refractivity (Wildman–Crippen MR) is 118 cm³/mol. The maximum absolute atomic E-state index is 13.5. The quantitative estimate of drug-likeness (QED) is 0.311. The molecule has 1 aliphatic heterocycles. The van der Waals surface area contributed by atoms with Gasteiger partial charge in [-0.05, 0) is 53.6 Å². The molecule has 5 rings (SSSR count). The topological polar surface area (TPSA) is 72.3 Å². The minimum atomic E-state index is -0.458. The SMILES string of the molecule is O=C1C2=C(CC=CC2)C(=O)N1n1c(-c2ccccc2)nc2ccc(I)cc2c1=O.